The van der Waals surface area contributed by atoms with Crippen LogP contribution >= 0.6 is 31.9 Å². The number of alkyl halides is 2. The van der Waals surface area contributed by atoms with Crippen molar-refractivity contribution < 1.29 is 9.84 Å². The van der Waals surface area contributed by atoms with Gasteiger partial charge in [-0.2, -0.15) is 0 Å². The quantitative estimate of drug-likeness (QED) is 0.762. The summed E-state index contributed by atoms with van der Waals surface area (Å²) in [5.74, 6) is 0. The van der Waals surface area contributed by atoms with Gasteiger partial charge in [-0.1, -0.05) is 13.3 Å². The highest BCUT2D eigenvalue weighted by atomic mass is 79.9. The number of unbranched alkanes of at least 4 members (excludes halogenated alkanes) is 1. The lowest BCUT2D eigenvalue weighted by Crippen LogP contribution is -2.18. The van der Waals surface area contributed by atoms with Crippen molar-refractivity contribution in [2.45, 2.75) is 29.6 Å². The van der Waals surface area contributed by atoms with E-state index in [1.165, 1.54) is 0 Å². The maximum Gasteiger partial charge on any atom is 0.177 e. The molecular weight excluding hydrogens is 276 g/mol. The van der Waals surface area contributed by atoms with E-state index in [0.717, 1.165) is 19.3 Å². The van der Waals surface area contributed by atoms with Crippen LogP contribution in [-0.4, -0.2) is 21.7 Å². The number of halogens is 2. The minimum Gasteiger partial charge on any atom is -0.394 e. The van der Waals surface area contributed by atoms with E-state index in [1.807, 2.05) is 0 Å². The minimum absolute atomic E-state index is 0.0606. The van der Waals surface area contributed by atoms with Gasteiger partial charge in [-0.05, 0) is 44.7 Å². The monoisotopic (exact) mass is 288 g/mol. The second-order valence-corrected chi connectivity index (χ2v) is 5.94. The topological polar surface area (TPSA) is 29.5 Å². The van der Waals surface area contributed by atoms with Crippen molar-refractivity contribution in [3.05, 3.63) is 0 Å². The molecule has 0 fully saturated rings. The number of ether oxygens (including phenoxy) is 1. The van der Waals surface area contributed by atoms with Crippen molar-refractivity contribution in [2.75, 3.05) is 13.2 Å². The summed E-state index contributed by atoms with van der Waals surface area (Å²) in [5.41, 5.74) is 0. The van der Waals surface area contributed by atoms with Gasteiger partial charge < -0.3 is 9.84 Å². The maximum atomic E-state index is 8.49. The Morgan fingerprint density at radius 1 is 1.45 bits per heavy atom. The number of rotatable bonds is 6. The van der Waals surface area contributed by atoms with Crippen LogP contribution in [-0.2, 0) is 4.74 Å². The molecule has 0 saturated heterocycles. The summed E-state index contributed by atoms with van der Waals surface area (Å²) >= 11 is 6.73. The van der Waals surface area contributed by atoms with Crippen LogP contribution in [0, 0.1) is 0 Å². The Morgan fingerprint density at radius 2 is 2.09 bits per heavy atom. The normalized spacial score (nSPS) is 12.0. The molecule has 0 rings (SSSR count). The SMILES string of the molecule is CCCCC(Br)(Br)OCCO. The molecule has 0 aromatic carbocycles. The average molecular weight is 290 g/mol. The smallest absolute Gasteiger partial charge is 0.177 e. The molecule has 0 spiro atoms. The van der Waals surface area contributed by atoms with E-state index in [2.05, 4.69) is 38.8 Å². The van der Waals surface area contributed by atoms with Crippen LogP contribution in [0.5, 0.6) is 0 Å². The van der Waals surface area contributed by atoms with E-state index < -0.39 is 3.42 Å². The molecule has 2 nitrogen and oxygen atoms in total. The molecule has 0 unspecified atom stereocenters. The van der Waals surface area contributed by atoms with Crippen LogP contribution in [0.25, 0.3) is 0 Å². The molecule has 0 aliphatic rings. The van der Waals surface area contributed by atoms with Crippen LogP contribution in [0.4, 0.5) is 0 Å². The van der Waals surface area contributed by atoms with E-state index >= 15 is 0 Å². The van der Waals surface area contributed by atoms with Crippen molar-refractivity contribution in [3.63, 3.8) is 0 Å². The van der Waals surface area contributed by atoms with Gasteiger partial charge in [0.2, 0.25) is 0 Å². The fraction of sp³-hybridized carbons (Fsp3) is 1.00. The molecule has 0 aliphatic carbocycles. The zero-order valence-corrected chi connectivity index (χ0v) is 9.82. The largest absolute Gasteiger partial charge is 0.394 e. The lowest BCUT2D eigenvalue weighted by atomic mass is 10.3. The molecule has 0 aromatic heterocycles. The van der Waals surface area contributed by atoms with Gasteiger partial charge in [-0.15, -0.1) is 0 Å². The Kier molecular flexibility index (Phi) is 6.91. The molecule has 68 valence electrons. The third-order valence-electron chi connectivity index (χ3n) is 1.23. The van der Waals surface area contributed by atoms with E-state index in [1.54, 1.807) is 0 Å². The van der Waals surface area contributed by atoms with Gasteiger partial charge in [0.25, 0.3) is 0 Å². The molecule has 0 heterocycles. The van der Waals surface area contributed by atoms with E-state index in [-0.39, 0.29) is 6.61 Å². The van der Waals surface area contributed by atoms with Crippen LogP contribution in [0.3, 0.4) is 0 Å². The van der Waals surface area contributed by atoms with Gasteiger partial charge in [0.1, 0.15) is 0 Å². The summed E-state index contributed by atoms with van der Waals surface area (Å²) in [5, 5.41) is 8.49. The molecule has 4 heteroatoms. The fourth-order valence-corrected chi connectivity index (χ4v) is 1.53. The summed E-state index contributed by atoms with van der Waals surface area (Å²) in [6.07, 6.45) is 3.15. The Labute approximate surface area is 84.6 Å². The standard InChI is InChI=1S/C7H14Br2O2/c1-2-3-4-7(8,9)11-6-5-10/h10H,2-6H2,1H3. The lowest BCUT2D eigenvalue weighted by molar-refractivity contribution is 0.0600. The van der Waals surface area contributed by atoms with Crippen molar-refractivity contribution in [1.82, 2.24) is 0 Å². The van der Waals surface area contributed by atoms with E-state index in [4.69, 9.17) is 9.84 Å². The predicted octanol–water partition coefficient (Wildman–Crippen LogP) is 2.63. The van der Waals surface area contributed by atoms with E-state index in [0.29, 0.717) is 6.61 Å². The Balaban J connectivity index is 3.43. The molecule has 0 bridgehead atoms. The summed E-state index contributed by atoms with van der Waals surface area (Å²) in [4.78, 5) is 0. The lowest BCUT2D eigenvalue weighted by Gasteiger charge is -2.19. The molecule has 0 atom stereocenters. The summed E-state index contributed by atoms with van der Waals surface area (Å²) < 4.78 is 4.83. The summed E-state index contributed by atoms with van der Waals surface area (Å²) in [6, 6.07) is 0. The third-order valence-corrected chi connectivity index (χ3v) is 2.48. The van der Waals surface area contributed by atoms with Crippen LogP contribution in [0.1, 0.15) is 26.2 Å². The molecule has 1 N–H and O–H groups in total. The highest BCUT2D eigenvalue weighted by molar-refractivity contribution is 9.25. The van der Waals surface area contributed by atoms with Crippen LogP contribution in [0.2, 0.25) is 0 Å². The first-order chi connectivity index (χ1) is 5.12. The molecule has 0 saturated carbocycles. The second kappa shape index (κ2) is 6.40. The number of aliphatic hydroxyl groups is 1. The Morgan fingerprint density at radius 3 is 2.55 bits per heavy atom. The maximum absolute atomic E-state index is 8.49. The molecule has 0 aliphatic heterocycles. The summed E-state index contributed by atoms with van der Waals surface area (Å²) in [6.45, 7) is 2.55. The number of aliphatic hydroxyl groups excluding tert-OH is 1. The first-order valence-corrected chi connectivity index (χ1v) is 5.33. The zero-order valence-electron chi connectivity index (χ0n) is 6.65. The van der Waals surface area contributed by atoms with Gasteiger partial charge in [0, 0.05) is 0 Å². The summed E-state index contributed by atoms with van der Waals surface area (Å²) in [7, 11) is 0. The van der Waals surface area contributed by atoms with Gasteiger partial charge >= 0.3 is 0 Å². The molecular formula is C7H14Br2O2. The molecule has 11 heavy (non-hydrogen) atoms. The second-order valence-electron chi connectivity index (χ2n) is 2.31. The molecule has 0 amide bonds. The third kappa shape index (κ3) is 7.25. The predicted molar refractivity (Wildman–Crippen MR) is 53.1 cm³/mol. The van der Waals surface area contributed by atoms with Crippen molar-refractivity contribution >= 4 is 31.9 Å². The molecule has 0 aromatic rings. The minimum atomic E-state index is -0.432. The molecule has 0 radical (unpaired) electrons. The van der Waals surface area contributed by atoms with E-state index in [9.17, 15) is 0 Å². The van der Waals surface area contributed by atoms with Gasteiger partial charge in [-0.25, -0.2) is 0 Å². The Bertz CT molecular complexity index is 86.4. The van der Waals surface area contributed by atoms with Gasteiger partial charge in [0.05, 0.1) is 13.2 Å². The van der Waals surface area contributed by atoms with Gasteiger partial charge in [0.15, 0.2) is 3.42 Å². The van der Waals surface area contributed by atoms with Crippen LogP contribution in [0.15, 0.2) is 0 Å². The number of hydrogen-bond donors (Lipinski definition) is 1. The first-order valence-electron chi connectivity index (χ1n) is 3.75. The van der Waals surface area contributed by atoms with Crippen molar-refractivity contribution in [2.24, 2.45) is 0 Å². The van der Waals surface area contributed by atoms with Crippen molar-refractivity contribution in [3.8, 4) is 0 Å². The highest BCUT2D eigenvalue weighted by Crippen LogP contribution is 2.33. The first kappa shape index (κ1) is 11.9. The Hall–Kier alpha value is 0.880. The average Bonchev–Trinajstić information content (AvgIpc) is 1.97. The van der Waals surface area contributed by atoms with Crippen LogP contribution < -0.4 is 0 Å². The zero-order chi connectivity index (χ0) is 8.74. The van der Waals surface area contributed by atoms with Gasteiger partial charge in [-0.3, -0.25) is 0 Å². The highest BCUT2D eigenvalue weighted by Gasteiger charge is 2.21. The fourth-order valence-electron chi connectivity index (χ4n) is 0.650. The number of hydrogen-bond acceptors (Lipinski definition) is 2. The van der Waals surface area contributed by atoms with Crippen molar-refractivity contribution in [1.29, 1.82) is 0 Å².